The molecule has 0 aliphatic heterocycles. The molecule has 1 aromatic rings. The summed E-state index contributed by atoms with van der Waals surface area (Å²) in [4.78, 5) is 0.256. The molecule has 4 nitrogen and oxygen atoms in total. The van der Waals surface area contributed by atoms with Gasteiger partial charge in [0.2, 0.25) is 0 Å². The van der Waals surface area contributed by atoms with Crippen molar-refractivity contribution in [3.8, 4) is 0 Å². The average Bonchev–Trinajstić information content (AvgIpc) is 2.15. The average molecular weight is 215 g/mol. The molecule has 0 aliphatic carbocycles. The van der Waals surface area contributed by atoms with E-state index in [4.69, 9.17) is 10.8 Å². The highest BCUT2D eigenvalue weighted by atomic mass is 32.2. The maximum absolute atomic E-state index is 11.1. The van der Waals surface area contributed by atoms with E-state index in [0.717, 1.165) is 11.8 Å². The van der Waals surface area contributed by atoms with Crippen LogP contribution < -0.4 is 5.73 Å². The minimum atomic E-state index is -3.16. The molecule has 0 heterocycles. The Hall–Kier alpha value is -0.910. The summed E-state index contributed by atoms with van der Waals surface area (Å²) >= 11 is 0. The first-order valence-electron chi connectivity index (χ1n) is 4.11. The number of hydrogen-bond donors (Lipinski definition) is 2. The van der Waals surface area contributed by atoms with Crippen molar-refractivity contribution in [3.63, 3.8) is 0 Å². The van der Waals surface area contributed by atoms with Crippen LogP contribution in [0.1, 0.15) is 11.6 Å². The number of aliphatic hydroxyl groups is 1. The molecule has 1 atom stereocenters. The van der Waals surface area contributed by atoms with Crippen molar-refractivity contribution in [2.75, 3.05) is 12.9 Å². The fourth-order valence-electron chi connectivity index (χ4n) is 1.07. The van der Waals surface area contributed by atoms with Gasteiger partial charge in [0.05, 0.1) is 17.5 Å². The highest BCUT2D eigenvalue weighted by molar-refractivity contribution is 7.90. The summed E-state index contributed by atoms with van der Waals surface area (Å²) in [5, 5.41) is 8.77. The third kappa shape index (κ3) is 2.54. The minimum Gasteiger partial charge on any atom is -0.394 e. The fraction of sp³-hybridized carbons (Fsp3) is 0.333. The van der Waals surface area contributed by atoms with Crippen LogP contribution in [0.15, 0.2) is 29.2 Å². The second-order valence-electron chi connectivity index (χ2n) is 3.13. The number of aliphatic hydroxyl groups excluding tert-OH is 1. The lowest BCUT2D eigenvalue weighted by atomic mass is 10.1. The Labute approximate surface area is 83.3 Å². The van der Waals surface area contributed by atoms with Crippen molar-refractivity contribution >= 4 is 9.84 Å². The lowest BCUT2D eigenvalue weighted by Gasteiger charge is -2.08. The van der Waals surface area contributed by atoms with Gasteiger partial charge in [0.15, 0.2) is 9.84 Å². The quantitative estimate of drug-likeness (QED) is 0.748. The fourth-order valence-corrected chi connectivity index (χ4v) is 1.70. The van der Waals surface area contributed by atoms with Crippen LogP contribution in [-0.2, 0) is 9.84 Å². The molecule has 0 fully saturated rings. The Morgan fingerprint density at radius 1 is 1.36 bits per heavy atom. The smallest absolute Gasteiger partial charge is 0.175 e. The molecule has 5 heteroatoms. The first-order chi connectivity index (χ1) is 6.45. The Bertz CT molecular complexity index is 397. The van der Waals surface area contributed by atoms with Crippen LogP contribution in [0.4, 0.5) is 0 Å². The van der Waals surface area contributed by atoms with E-state index in [1.807, 2.05) is 0 Å². The summed E-state index contributed by atoms with van der Waals surface area (Å²) in [6.45, 7) is -0.155. The molecule has 0 unspecified atom stereocenters. The van der Waals surface area contributed by atoms with Gasteiger partial charge in [-0.15, -0.1) is 0 Å². The third-order valence-electron chi connectivity index (χ3n) is 1.93. The molecule has 14 heavy (non-hydrogen) atoms. The van der Waals surface area contributed by atoms with Crippen LogP contribution in [0.25, 0.3) is 0 Å². The molecule has 0 aliphatic rings. The number of nitrogens with two attached hydrogens (primary N) is 1. The van der Waals surface area contributed by atoms with E-state index >= 15 is 0 Å². The van der Waals surface area contributed by atoms with Gasteiger partial charge >= 0.3 is 0 Å². The first kappa shape index (κ1) is 11.2. The maximum Gasteiger partial charge on any atom is 0.175 e. The van der Waals surface area contributed by atoms with Gasteiger partial charge in [0.1, 0.15) is 0 Å². The minimum absolute atomic E-state index is 0.155. The van der Waals surface area contributed by atoms with Crippen LogP contribution in [0.2, 0.25) is 0 Å². The van der Waals surface area contributed by atoms with E-state index in [-0.39, 0.29) is 11.5 Å². The van der Waals surface area contributed by atoms with E-state index < -0.39 is 15.9 Å². The van der Waals surface area contributed by atoms with Crippen molar-refractivity contribution < 1.29 is 13.5 Å². The van der Waals surface area contributed by atoms with E-state index in [1.54, 1.807) is 12.1 Å². The SMILES string of the molecule is CS(=O)(=O)c1ccc([C@H](N)CO)cc1. The van der Waals surface area contributed by atoms with Gasteiger partial charge in [-0.1, -0.05) is 12.1 Å². The largest absolute Gasteiger partial charge is 0.394 e. The molecule has 1 rings (SSSR count). The predicted octanol–water partition coefficient (Wildman–Crippen LogP) is 0.0822. The molecular formula is C9H13NO3S. The Kier molecular flexibility index (Phi) is 3.25. The maximum atomic E-state index is 11.1. The molecule has 0 radical (unpaired) electrons. The van der Waals surface area contributed by atoms with Crippen LogP contribution in [-0.4, -0.2) is 26.4 Å². The normalized spacial score (nSPS) is 13.9. The zero-order chi connectivity index (χ0) is 10.8. The van der Waals surface area contributed by atoms with Crippen LogP contribution in [0.3, 0.4) is 0 Å². The van der Waals surface area contributed by atoms with Gasteiger partial charge in [-0.25, -0.2) is 8.42 Å². The lowest BCUT2D eigenvalue weighted by Crippen LogP contribution is -2.14. The molecule has 0 amide bonds. The molecule has 0 saturated heterocycles. The van der Waals surface area contributed by atoms with Gasteiger partial charge in [0, 0.05) is 6.26 Å². The summed E-state index contributed by atoms with van der Waals surface area (Å²) in [6, 6.07) is 5.73. The third-order valence-corrected chi connectivity index (χ3v) is 3.06. The Balaban J connectivity index is 3.01. The van der Waals surface area contributed by atoms with Crippen LogP contribution in [0.5, 0.6) is 0 Å². The highest BCUT2D eigenvalue weighted by Crippen LogP contribution is 2.14. The first-order valence-corrected chi connectivity index (χ1v) is 6.00. The molecular weight excluding hydrogens is 202 g/mol. The van der Waals surface area contributed by atoms with Crippen LogP contribution in [0, 0.1) is 0 Å². The van der Waals surface area contributed by atoms with Gasteiger partial charge in [-0.3, -0.25) is 0 Å². The molecule has 0 aromatic heterocycles. The van der Waals surface area contributed by atoms with E-state index in [1.165, 1.54) is 12.1 Å². The second-order valence-corrected chi connectivity index (χ2v) is 5.15. The second kappa shape index (κ2) is 4.08. The molecule has 78 valence electrons. The van der Waals surface area contributed by atoms with Gasteiger partial charge < -0.3 is 10.8 Å². The molecule has 0 bridgehead atoms. The summed E-state index contributed by atoms with van der Waals surface area (Å²) in [5.74, 6) is 0. The predicted molar refractivity (Wildman–Crippen MR) is 53.6 cm³/mol. The topological polar surface area (TPSA) is 80.4 Å². The van der Waals surface area contributed by atoms with E-state index in [0.29, 0.717) is 0 Å². The Morgan fingerprint density at radius 3 is 2.21 bits per heavy atom. The van der Waals surface area contributed by atoms with Crippen LogP contribution >= 0.6 is 0 Å². The van der Waals surface area contributed by atoms with E-state index in [9.17, 15) is 8.42 Å². The van der Waals surface area contributed by atoms with Crippen molar-refractivity contribution in [3.05, 3.63) is 29.8 Å². The van der Waals surface area contributed by atoms with Crippen molar-refractivity contribution in [1.29, 1.82) is 0 Å². The molecule has 0 spiro atoms. The molecule has 3 N–H and O–H groups in total. The number of rotatable bonds is 3. The standard InChI is InChI=1S/C9H13NO3S/c1-14(12,13)8-4-2-7(3-5-8)9(10)6-11/h2-5,9,11H,6,10H2,1H3/t9-/m1/s1. The molecule has 1 aromatic carbocycles. The zero-order valence-corrected chi connectivity index (χ0v) is 8.66. The number of hydrogen-bond acceptors (Lipinski definition) is 4. The lowest BCUT2D eigenvalue weighted by molar-refractivity contribution is 0.268. The summed E-state index contributed by atoms with van der Waals surface area (Å²) in [7, 11) is -3.16. The van der Waals surface area contributed by atoms with Gasteiger partial charge in [-0.05, 0) is 17.7 Å². The number of benzene rings is 1. The van der Waals surface area contributed by atoms with Crippen molar-refractivity contribution in [2.45, 2.75) is 10.9 Å². The summed E-state index contributed by atoms with van der Waals surface area (Å²) in [5.41, 5.74) is 6.28. The monoisotopic (exact) mass is 215 g/mol. The van der Waals surface area contributed by atoms with Crippen molar-refractivity contribution in [2.24, 2.45) is 5.73 Å². The Morgan fingerprint density at radius 2 is 1.86 bits per heavy atom. The summed E-state index contributed by atoms with van der Waals surface area (Å²) < 4.78 is 22.2. The van der Waals surface area contributed by atoms with Crippen molar-refractivity contribution in [1.82, 2.24) is 0 Å². The number of sulfone groups is 1. The van der Waals surface area contributed by atoms with Gasteiger partial charge in [0.25, 0.3) is 0 Å². The highest BCUT2D eigenvalue weighted by Gasteiger charge is 2.08. The van der Waals surface area contributed by atoms with E-state index in [2.05, 4.69) is 0 Å². The van der Waals surface area contributed by atoms with Gasteiger partial charge in [-0.2, -0.15) is 0 Å². The molecule has 0 saturated carbocycles. The zero-order valence-electron chi connectivity index (χ0n) is 7.84. The summed E-state index contributed by atoms with van der Waals surface area (Å²) in [6.07, 6.45) is 1.15.